The second-order valence-electron chi connectivity index (χ2n) is 6.32. The first-order valence-electron chi connectivity index (χ1n) is 8.94. The van der Waals surface area contributed by atoms with Crippen LogP contribution in [0.1, 0.15) is 5.56 Å². The van der Waals surface area contributed by atoms with Crippen molar-refractivity contribution in [3.63, 3.8) is 0 Å². The summed E-state index contributed by atoms with van der Waals surface area (Å²) in [5.41, 5.74) is 4.00. The first-order chi connectivity index (χ1) is 14.1. The quantitative estimate of drug-likeness (QED) is 0.541. The smallest absolute Gasteiger partial charge is 0.268 e. The van der Waals surface area contributed by atoms with E-state index in [1.807, 2.05) is 30.3 Å². The summed E-state index contributed by atoms with van der Waals surface area (Å²) in [6.07, 6.45) is 2.98. The van der Waals surface area contributed by atoms with Gasteiger partial charge in [0.05, 0.1) is 10.9 Å². The Morgan fingerprint density at radius 1 is 0.931 bits per heavy atom. The molecule has 0 aliphatic heterocycles. The fraction of sp³-hybridized carbons (Fsp3) is 0. The molecule has 0 radical (unpaired) electrons. The molecule has 0 atom stereocenters. The molecule has 1 aromatic heterocycles. The van der Waals surface area contributed by atoms with Gasteiger partial charge in [-0.3, -0.25) is 15.0 Å². The van der Waals surface area contributed by atoms with Crippen molar-refractivity contribution in [2.75, 3.05) is 5.43 Å². The molecule has 29 heavy (non-hydrogen) atoms. The largest absolute Gasteiger partial charge is 0.280 e. The molecule has 0 bridgehead atoms. The summed E-state index contributed by atoms with van der Waals surface area (Å²) in [4.78, 5) is 30.0. The highest BCUT2D eigenvalue weighted by molar-refractivity contribution is 5.98. The van der Waals surface area contributed by atoms with Crippen LogP contribution in [0.3, 0.4) is 0 Å². The van der Waals surface area contributed by atoms with Crippen molar-refractivity contribution in [2.24, 2.45) is 0 Å². The van der Waals surface area contributed by atoms with Crippen LogP contribution in [-0.2, 0) is 4.79 Å². The van der Waals surface area contributed by atoms with Gasteiger partial charge >= 0.3 is 0 Å². The van der Waals surface area contributed by atoms with E-state index in [-0.39, 0.29) is 5.82 Å². The number of rotatable bonds is 4. The number of nitrogens with zero attached hydrogens (tertiary/aromatic N) is 2. The molecule has 4 aromatic rings. The second kappa shape index (κ2) is 7.90. The van der Waals surface area contributed by atoms with E-state index in [0.29, 0.717) is 16.5 Å². The molecule has 1 heterocycles. The number of hydrogen-bond donors (Lipinski definition) is 1. The molecule has 5 nitrogen and oxygen atoms in total. The normalized spacial score (nSPS) is 11.1. The van der Waals surface area contributed by atoms with Gasteiger partial charge < -0.3 is 0 Å². The van der Waals surface area contributed by atoms with Crippen molar-refractivity contribution in [1.29, 1.82) is 0 Å². The third-order valence-electron chi connectivity index (χ3n) is 4.33. The zero-order chi connectivity index (χ0) is 20.2. The highest BCUT2D eigenvalue weighted by Crippen LogP contribution is 2.18. The molecule has 6 heteroatoms. The Kier molecular flexibility index (Phi) is 4.99. The Morgan fingerprint density at radius 2 is 1.62 bits per heavy atom. The highest BCUT2D eigenvalue weighted by Gasteiger charge is 2.14. The maximum atomic E-state index is 13.3. The molecule has 0 saturated heterocycles. The summed E-state index contributed by atoms with van der Waals surface area (Å²) in [6, 6.07) is 21.7. The minimum Gasteiger partial charge on any atom is -0.268 e. The van der Waals surface area contributed by atoms with Gasteiger partial charge in [-0.05, 0) is 48.0 Å². The fourth-order valence-electron chi connectivity index (χ4n) is 2.91. The van der Waals surface area contributed by atoms with Crippen molar-refractivity contribution in [3.8, 4) is 11.4 Å². The minimum atomic E-state index is -0.489. The van der Waals surface area contributed by atoms with Gasteiger partial charge in [-0.1, -0.05) is 42.5 Å². The molecule has 0 aliphatic carbocycles. The Bertz CT molecular complexity index is 1260. The van der Waals surface area contributed by atoms with E-state index in [1.165, 1.54) is 30.3 Å². The van der Waals surface area contributed by atoms with E-state index < -0.39 is 17.3 Å². The number of aromatic nitrogens is 2. The van der Waals surface area contributed by atoms with Crippen LogP contribution in [0, 0.1) is 5.82 Å². The van der Waals surface area contributed by atoms with Crippen LogP contribution in [0.15, 0.2) is 89.7 Å². The van der Waals surface area contributed by atoms with Crippen molar-refractivity contribution in [2.45, 2.75) is 0 Å². The number of amides is 1. The lowest BCUT2D eigenvalue weighted by atomic mass is 10.2. The number of hydrogen-bond acceptors (Lipinski definition) is 3. The molecule has 142 valence electrons. The second-order valence-corrected chi connectivity index (χ2v) is 6.32. The lowest BCUT2D eigenvalue weighted by Gasteiger charge is -2.13. The van der Waals surface area contributed by atoms with Crippen LogP contribution in [0.5, 0.6) is 0 Å². The molecule has 0 unspecified atom stereocenters. The van der Waals surface area contributed by atoms with Crippen LogP contribution in [0.2, 0.25) is 0 Å². The van der Waals surface area contributed by atoms with Crippen LogP contribution in [-0.4, -0.2) is 15.6 Å². The minimum absolute atomic E-state index is 0.218. The fourth-order valence-corrected chi connectivity index (χ4v) is 2.91. The van der Waals surface area contributed by atoms with Crippen molar-refractivity contribution in [3.05, 3.63) is 107 Å². The topological polar surface area (TPSA) is 64.0 Å². The zero-order valence-corrected chi connectivity index (χ0v) is 15.2. The number of halogens is 1. The predicted molar refractivity (Wildman–Crippen MR) is 111 cm³/mol. The van der Waals surface area contributed by atoms with Gasteiger partial charge in [-0.25, -0.2) is 9.37 Å². The van der Waals surface area contributed by atoms with E-state index in [9.17, 15) is 14.0 Å². The lowest BCUT2D eigenvalue weighted by molar-refractivity contribution is -0.112. The Morgan fingerprint density at radius 3 is 2.38 bits per heavy atom. The molecule has 1 N–H and O–H groups in total. The Labute approximate surface area is 165 Å². The highest BCUT2D eigenvalue weighted by atomic mass is 19.1. The SMILES string of the molecule is O=C(C=Cc1ccccc1)Nn1c(-c2ccc(F)cc2)nc2ccccc2c1=O. The maximum absolute atomic E-state index is 13.3. The molecular formula is C23H16FN3O2. The van der Waals surface area contributed by atoms with Gasteiger partial charge in [0.15, 0.2) is 5.82 Å². The molecule has 0 aliphatic rings. The molecule has 1 amide bonds. The molecule has 3 aromatic carbocycles. The van der Waals surface area contributed by atoms with E-state index >= 15 is 0 Å². The van der Waals surface area contributed by atoms with Crippen LogP contribution >= 0.6 is 0 Å². The van der Waals surface area contributed by atoms with Gasteiger partial charge in [0.25, 0.3) is 11.5 Å². The molecule has 0 spiro atoms. The van der Waals surface area contributed by atoms with Gasteiger partial charge in [0.2, 0.25) is 0 Å². The van der Waals surface area contributed by atoms with E-state index in [2.05, 4.69) is 10.4 Å². The lowest BCUT2D eigenvalue weighted by Crippen LogP contribution is -2.34. The van der Waals surface area contributed by atoms with Crippen molar-refractivity contribution >= 4 is 22.9 Å². The van der Waals surface area contributed by atoms with Crippen LogP contribution < -0.4 is 11.0 Å². The average molecular weight is 385 g/mol. The summed E-state index contributed by atoms with van der Waals surface area (Å²) < 4.78 is 14.4. The van der Waals surface area contributed by atoms with Gasteiger partial charge in [-0.15, -0.1) is 0 Å². The van der Waals surface area contributed by atoms with Gasteiger partial charge in [0, 0.05) is 11.6 Å². The summed E-state index contributed by atoms with van der Waals surface area (Å²) in [5, 5.41) is 0.366. The monoisotopic (exact) mass is 385 g/mol. The number of carbonyl (C=O) groups excluding carboxylic acids is 1. The number of benzene rings is 3. The standard InChI is InChI=1S/C23H16FN3O2/c24-18-13-11-17(12-14-18)22-25-20-9-5-4-8-19(20)23(29)27(22)26-21(28)15-10-16-6-2-1-3-7-16/h1-15H,(H,26,28). The summed E-state index contributed by atoms with van der Waals surface area (Å²) >= 11 is 0. The molecular weight excluding hydrogens is 369 g/mol. The van der Waals surface area contributed by atoms with Crippen molar-refractivity contribution < 1.29 is 9.18 Å². The van der Waals surface area contributed by atoms with E-state index in [0.717, 1.165) is 10.2 Å². The maximum Gasteiger partial charge on any atom is 0.280 e. The zero-order valence-electron chi connectivity index (χ0n) is 15.2. The van der Waals surface area contributed by atoms with E-state index in [4.69, 9.17) is 0 Å². The summed E-state index contributed by atoms with van der Waals surface area (Å²) in [6.45, 7) is 0. The van der Waals surface area contributed by atoms with Gasteiger partial charge in [0.1, 0.15) is 5.82 Å². The molecule has 0 saturated carbocycles. The summed E-state index contributed by atoms with van der Waals surface area (Å²) in [7, 11) is 0. The Hall–Kier alpha value is -4.06. The first-order valence-corrected chi connectivity index (χ1v) is 8.94. The van der Waals surface area contributed by atoms with E-state index in [1.54, 1.807) is 30.3 Å². The average Bonchev–Trinajstić information content (AvgIpc) is 2.75. The number of fused-ring (bicyclic) bond motifs is 1. The first kappa shape index (κ1) is 18.3. The molecule has 4 rings (SSSR count). The van der Waals surface area contributed by atoms with Crippen LogP contribution in [0.25, 0.3) is 28.4 Å². The predicted octanol–water partition coefficient (Wildman–Crippen LogP) is 3.99. The third kappa shape index (κ3) is 3.96. The number of carbonyl (C=O) groups is 1. The van der Waals surface area contributed by atoms with Gasteiger partial charge in [-0.2, -0.15) is 4.68 Å². The Balaban J connectivity index is 1.77. The number of nitrogens with one attached hydrogen (secondary N) is 1. The molecule has 0 fully saturated rings. The number of para-hydroxylation sites is 1. The van der Waals surface area contributed by atoms with Crippen LogP contribution in [0.4, 0.5) is 4.39 Å². The third-order valence-corrected chi connectivity index (χ3v) is 4.33. The van der Waals surface area contributed by atoms with Crippen molar-refractivity contribution in [1.82, 2.24) is 9.66 Å². The summed E-state index contributed by atoms with van der Waals surface area (Å²) in [5.74, 6) is -0.676.